The molecule has 4 nitrogen and oxygen atoms in total. The Labute approximate surface area is 135 Å². The van der Waals surface area contributed by atoms with E-state index in [0.717, 1.165) is 17.1 Å². The van der Waals surface area contributed by atoms with Gasteiger partial charge < -0.3 is 15.3 Å². The van der Waals surface area contributed by atoms with Crippen LogP contribution in [0.4, 0.5) is 4.39 Å². The molecule has 0 spiro atoms. The summed E-state index contributed by atoms with van der Waals surface area (Å²) in [6, 6.07) is 6.21. The maximum absolute atomic E-state index is 13.0. The van der Waals surface area contributed by atoms with E-state index in [0.29, 0.717) is 19.4 Å². The Morgan fingerprint density at radius 1 is 1.36 bits per heavy atom. The fourth-order valence-electron chi connectivity index (χ4n) is 2.57. The standard InChI is InChI=1S/C16H23FN2O2S/c1-19(2)14(12-3-5-13(17)6-4-12)11-18-15(20)16(21)7-9-22-10-8-16/h3-6,14,21H,7-11H2,1-2H3,(H,18,20). The van der Waals surface area contributed by atoms with Crippen LogP contribution >= 0.6 is 11.8 Å². The van der Waals surface area contributed by atoms with Gasteiger partial charge in [-0.05, 0) is 56.1 Å². The zero-order chi connectivity index (χ0) is 16.2. The smallest absolute Gasteiger partial charge is 0.252 e. The summed E-state index contributed by atoms with van der Waals surface area (Å²) in [6.45, 7) is 0.382. The van der Waals surface area contributed by atoms with Crippen molar-refractivity contribution in [3.8, 4) is 0 Å². The number of aliphatic hydroxyl groups is 1. The maximum atomic E-state index is 13.0. The Bertz CT molecular complexity index is 501. The van der Waals surface area contributed by atoms with E-state index >= 15 is 0 Å². The van der Waals surface area contributed by atoms with Crippen LogP contribution in [0.1, 0.15) is 24.4 Å². The van der Waals surface area contributed by atoms with Gasteiger partial charge in [0, 0.05) is 6.54 Å². The molecule has 1 unspecified atom stereocenters. The molecule has 2 rings (SSSR count). The van der Waals surface area contributed by atoms with Crippen molar-refractivity contribution in [3.63, 3.8) is 0 Å². The van der Waals surface area contributed by atoms with Crippen molar-refractivity contribution in [2.75, 3.05) is 32.1 Å². The first-order chi connectivity index (χ1) is 10.4. The number of thioether (sulfide) groups is 1. The van der Waals surface area contributed by atoms with Crippen molar-refractivity contribution in [3.05, 3.63) is 35.6 Å². The average molecular weight is 326 g/mol. The predicted molar refractivity (Wildman–Crippen MR) is 87.3 cm³/mol. The van der Waals surface area contributed by atoms with Crippen LogP contribution in [0.2, 0.25) is 0 Å². The van der Waals surface area contributed by atoms with Crippen LogP contribution in [-0.4, -0.2) is 53.7 Å². The SMILES string of the molecule is CN(C)C(CNC(=O)C1(O)CCSCC1)c1ccc(F)cc1. The quantitative estimate of drug-likeness (QED) is 0.866. The van der Waals surface area contributed by atoms with Gasteiger partial charge in [0.2, 0.25) is 0 Å². The molecule has 1 aliphatic rings. The number of nitrogens with zero attached hydrogens (tertiary/aromatic N) is 1. The second-order valence-electron chi connectivity index (χ2n) is 5.88. The first-order valence-corrected chi connectivity index (χ1v) is 8.58. The molecule has 6 heteroatoms. The molecular formula is C16H23FN2O2S. The lowest BCUT2D eigenvalue weighted by Crippen LogP contribution is -2.50. The minimum absolute atomic E-state index is 0.0638. The van der Waals surface area contributed by atoms with Gasteiger partial charge in [0.05, 0.1) is 6.04 Å². The molecule has 1 aromatic rings. The van der Waals surface area contributed by atoms with Gasteiger partial charge in [-0.25, -0.2) is 4.39 Å². The van der Waals surface area contributed by atoms with Gasteiger partial charge in [-0.15, -0.1) is 0 Å². The highest BCUT2D eigenvalue weighted by Crippen LogP contribution is 2.27. The zero-order valence-electron chi connectivity index (χ0n) is 13.0. The van der Waals surface area contributed by atoms with E-state index in [1.165, 1.54) is 12.1 Å². The summed E-state index contributed by atoms with van der Waals surface area (Å²) >= 11 is 1.76. The molecule has 0 radical (unpaired) electrons. The first-order valence-electron chi connectivity index (χ1n) is 7.43. The highest BCUT2D eigenvalue weighted by Gasteiger charge is 2.37. The highest BCUT2D eigenvalue weighted by atomic mass is 32.2. The van der Waals surface area contributed by atoms with Crippen molar-refractivity contribution < 1.29 is 14.3 Å². The first kappa shape index (κ1) is 17.2. The van der Waals surface area contributed by atoms with E-state index in [4.69, 9.17) is 0 Å². The fourth-order valence-corrected chi connectivity index (χ4v) is 3.74. The third kappa shape index (κ3) is 4.21. The van der Waals surface area contributed by atoms with E-state index in [1.54, 1.807) is 23.9 Å². The lowest BCUT2D eigenvalue weighted by molar-refractivity contribution is -0.140. The number of carbonyl (C=O) groups excluding carboxylic acids is 1. The molecule has 0 aliphatic carbocycles. The van der Waals surface area contributed by atoms with E-state index in [2.05, 4.69) is 5.32 Å². The number of carbonyl (C=O) groups is 1. The summed E-state index contributed by atoms with van der Waals surface area (Å²) in [5.41, 5.74) is -0.317. The van der Waals surface area contributed by atoms with Crippen LogP contribution in [-0.2, 0) is 4.79 Å². The van der Waals surface area contributed by atoms with Gasteiger partial charge in [0.25, 0.3) is 5.91 Å². The molecule has 1 amide bonds. The highest BCUT2D eigenvalue weighted by molar-refractivity contribution is 7.99. The van der Waals surface area contributed by atoms with Crippen LogP contribution in [0.25, 0.3) is 0 Å². The van der Waals surface area contributed by atoms with Crippen molar-refractivity contribution in [2.24, 2.45) is 0 Å². The van der Waals surface area contributed by atoms with Gasteiger partial charge in [-0.1, -0.05) is 12.1 Å². The van der Waals surface area contributed by atoms with Gasteiger partial charge in [-0.2, -0.15) is 11.8 Å². The molecule has 1 fully saturated rings. The second kappa shape index (κ2) is 7.44. The number of halogens is 1. The molecule has 1 aromatic carbocycles. The van der Waals surface area contributed by atoms with Crippen LogP contribution in [0, 0.1) is 5.82 Å². The Kier molecular flexibility index (Phi) is 5.83. The lowest BCUT2D eigenvalue weighted by atomic mass is 9.95. The number of nitrogens with one attached hydrogen (secondary N) is 1. The Hall–Kier alpha value is -1.11. The number of hydrogen-bond acceptors (Lipinski definition) is 4. The zero-order valence-corrected chi connectivity index (χ0v) is 13.8. The summed E-state index contributed by atoms with van der Waals surface area (Å²) in [5.74, 6) is 1.03. The van der Waals surface area contributed by atoms with Crippen LogP contribution < -0.4 is 5.32 Å². The number of amides is 1. The summed E-state index contributed by atoms with van der Waals surface area (Å²) in [6.07, 6.45) is 0.985. The predicted octanol–water partition coefficient (Wildman–Crippen LogP) is 1.80. The summed E-state index contributed by atoms with van der Waals surface area (Å²) < 4.78 is 13.0. The normalized spacial score (nSPS) is 19.0. The Morgan fingerprint density at radius 3 is 2.50 bits per heavy atom. The monoisotopic (exact) mass is 326 g/mol. The van der Waals surface area contributed by atoms with Gasteiger partial charge in [0.15, 0.2) is 0 Å². The number of benzene rings is 1. The molecule has 122 valence electrons. The summed E-state index contributed by atoms with van der Waals surface area (Å²) in [7, 11) is 3.82. The van der Waals surface area contributed by atoms with E-state index in [-0.39, 0.29) is 17.8 Å². The number of hydrogen-bond donors (Lipinski definition) is 2. The summed E-state index contributed by atoms with van der Waals surface area (Å²) in [5, 5.41) is 13.3. The molecule has 0 saturated carbocycles. The molecule has 0 aromatic heterocycles. The average Bonchev–Trinajstić information content (AvgIpc) is 2.49. The maximum Gasteiger partial charge on any atom is 0.252 e. The van der Waals surface area contributed by atoms with Gasteiger partial charge >= 0.3 is 0 Å². The molecular weight excluding hydrogens is 303 g/mol. The van der Waals surface area contributed by atoms with Crippen molar-refractivity contribution in [1.29, 1.82) is 0 Å². The third-order valence-corrected chi connectivity index (χ3v) is 5.06. The topological polar surface area (TPSA) is 52.6 Å². The lowest BCUT2D eigenvalue weighted by Gasteiger charge is -2.32. The van der Waals surface area contributed by atoms with E-state index < -0.39 is 5.60 Å². The molecule has 22 heavy (non-hydrogen) atoms. The Balaban J connectivity index is 2.00. The largest absolute Gasteiger partial charge is 0.380 e. The minimum atomic E-state index is -1.25. The Morgan fingerprint density at radius 2 is 1.95 bits per heavy atom. The van der Waals surface area contributed by atoms with Crippen LogP contribution in [0.15, 0.2) is 24.3 Å². The van der Waals surface area contributed by atoms with Crippen molar-refractivity contribution in [2.45, 2.75) is 24.5 Å². The third-order valence-electron chi connectivity index (χ3n) is 4.08. The van der Waals surface area contributed by atoms with Crippen LogP contribution in [0.5, 0.6) is 0 Å². The molecule has 1 saturated heterocycles. The van der Waals surface area contributed by atoms with Crippen LogP contribution in [0.3, 0.4) is 0 Å². The molecule has 1 atom stereocenters. The molecule has 1 heterocycles. The van der Waals surface area contributed by atoms with Gasteiger partial charge in [-0.3, -0.25) is 4.79 Å². The molecule has 1 aliphatic heterocycles. The van der Waals surface area contributed by atoms with Gasteiger partial charge in [0.1, 0.15) is 11.4 Å². The minimum Gasteiger partial charge on any atom is -0.380 e. The summed E-state index contributed by atoms with van der Waals surface area (Å²) in [4.78, 5) is 14.3. The van der Waals surface area contributed by atoms with E-state index in [1.807, 2.05) is 19.0 Å². The molecule has 2 N–H and O–H groups in total. The van der Waals surface area contributed by atoms with Crippen molar-refractivity contribution >= 4 is 17.7 Å². The number of likely N-dealkylation sites (N-methyl/N-ethyl adjacent to an activating group) is 1. The fraction of sp³-hybridized carbons (Fsp3) is 0.562. The number of rotatable bonds is 5. The second-order valence-corrected chi connectivity index (χ2v) is 7.11. The van der Waals surface area contributed by atoms with Crippen molar-refractivity contribution in [1.82, 2.24) is 10.2 Å². The van der Waals surface area contributed by atoms with E-state index in [9.17, 15) is 14.3 Å². The molecule has 0 bridgehead atoms.